The molecule has 1 aromatic heterocycles. The van der Waals surface area contributed by atoms with Crippen LogP contribution in [-0.4, -0.2) is 17.7 Å². The summed E-state index contributed by atoms with van der Waals surface area (Å²) >= 11 is 9.16. The molecule has 5 aromatic rings. The van der Waals surface area contributed by atoms with Gasteiger partial charge in [-0.25, -0.2) is 0 Å². The van der Waals surface area contributed by atoms with Crippen molar-refractivity contribution in [3.05, 3.63) is 153 Å². The maximum atomic E-state index is 13.5. The number of hydrogen-bond acceptors (Lipinski definition) is 5. The average Bonchev–Trinajstić information content (AvgIpc) is 3.56. The predicted octanol–water partition coefficient (Wildman–Crippen LogP) is 8.59. The SMILES string of the molecule is Cc1ccc(NC(=O)C(Sc2ccc(NC(=O)/C(=C/c3ccsc3)NC(=O)c3ccccc3)cc2)c2ccccc2)cc1Cl. The third-order valence-corrected chi connectivity index (χ3v) is 8.90. The number of halogens is 1. The molecule has 0 bridgehead atoms. The molecule has 4 aromatic carbocycles. The highest BCUT2D eigenvalue weighted by Gasteiger charge is 2.23. The van der Waals surface area contributed by atoms with Crippen LogP contribution in [0.4, 0.5) is 11.4 Å². The van der Waals surface area contributed by atoms with Crippen molar-refractivity contribution in [1.82, 2.24) is 5.32 Å². The number of carbonyl (C=O) groups excluding carboxylic acids is 3. The number of anilines is 2. The molecule has 1 atom stereocenters. The molecular weight excluding hydrogens is 610 g/mol. The molecule has 3 N–H and O–H groups in total. The Balaban J connectivity index is 1.30. The Kier molecular flexibility index (Phi) is 10.3. The smallest absolute Gasteiger partial charge is 0.272 e. The number of hydrogen-bond donors (Lipinski definition) is 3. The molecule has 220 valence electrons. The van der Waals surface area contributed by atoms with Crippen LogP contribution in [0, 0.1) is 6.92 Å². The van der Waals surface area contributed by atoms with E-state index in [1.165, 1.54) is 23.1 Å². The molecule has 0 aliphatic heterocycles. The third kappa shape index (κ3) is 8.26. The Labute approximate surface area is 269 Å². The lowest BCUT2D eigenvalue weighted by Gasteiger charge is -2.18. The van der Waals surface area contributed by atoms with Gasteiger partial charge in [-0.3, -0.25) is 14.4 Å². The van der Waals surface area contributed by atoms with Gasteiger partial charge in [-0.15, -0.1) is 11.8 Å². The van der Waals surface area contributed by atoms with Crippen molar-refractivity contribution in [2.45, 2.75) is 17.1 Å². The summed E-state index contributed by atoms with van der Waals surface area (Å²) in [6.45, 7) is 1.91. The summed E-state index contributed by atoms with van der Waals surface area (Å²) in [5.41, 5.74) is 4.31. The minimum atomic E-state index is -0.537. The number of carbonyl (C=O) groups is 3. The van der Waals surface area contributed by atoms with Crippen LogP contribution in [0.3, 0.4) is 0 Å². The van der Waals surface area contributed by atoms with Crippen LogP contribution in [0.1, 0.15) is 32.3 Å². The highest BCUT2D eigenvalue weighted by Crippen LogP contribution is 2.37. The van der Waals surface area contributed by atoms with Gasteiger partial charge in [0.2, 0.25) is 5.91 Å². The van der Waals surface area contributed by atoms with Crippen LogP contribution in [-0.2, 0) is 9.59 Å². The Morgan fingerprint density at radius 2 is 1.50 bits per heavy atom. The van der Waals surface area contributed by atoms with Gasteiger partial charge < -0.3 is 16.0 Å². The molecule has 0 spiro atoms. The molecule has 9 heteroatoms. The lowest BCUT2D eigenvalue weighted by Crippen LogP contribution is -2.30. The first-order valence-electron chi connectivity index (χ1n) is 13.7. The Morgan fingerprint density at radius 3 is 2.16 bits per heavy atom. The summed E-state index contributed by atoms with van der Waals surface area (Å²) in [4.78, 5) is 40.4. The molecule has 0 radical (unpaired) electrons. The fraction of sp³-hybridized carbons (Fsp3) is 0.0571. The minimum absolute atomic E-state index is 0.118. The topological polar surface area (TPSA) is 87.3 Å². The Hall–Kier alpha value is -4.63. The summed E-state index contributed by atoms with van der Waals surface area (Å²) in [5, 5.41) is 12.4. The Bertz CT molecular complexity index is 1780. The number of benzene rings is 4. The van der Waals surface area contributed by atoms with Crippen molar-refractivity contribution in [2.75, 3.05) is 10.6 Å². The van der Waals surface area contributed by atoms with Gasteiger partial charge in [-0.05, 0) is 95.0 Å². The van der Waals surface area contributed by atoms with E-state index >= 15 is 0 Å². The van der Waals surface area contributed by atoms with Gasteiger partial charge in [-0.2, -0.15) is 11.3 Å². The zero-order valence-corrected chi connectivity index (χ0v) is 26.0. The molecule has 1 heterocycles. The first kappa shape index (κ1) is 30.8. The molecule has 6 nitrogen and oxygen atoms in total. The van der Waals surface area contributed by atoms with Crippen molar-refractivity contribution in [1.29, 1.82) is 0 Å². The van der Waals surface area contributed by atoms with Crippen LogP contribution in [0.15, 0.2) is 131 Å². The van der Waals surface area contributed by atoms with E-state index in [0.29, 0.717) is 22.0 Å². The maximum absolute atomic E-state index is 13.5. The molecule has 3 amide bonds. The van der Waals surface area contributed by atoms with E-state index in [1.807, 2.05) is 84.4 Å². The van der Waals surface area contributed by atoms with E-state index < -0.39 is 11.2 Å². The van der Waals surface area contributed by atoms with E-state index in [4.69, 9.17) is 11.6 Å². The van der Waals surface area contributed by atoms with Crippen LogP contribution in [0.2, 0.25) is 5.02 Å². The number of thiophene rings is 1. The van der Waals surface area contributed by atoms with Crippen LogP contribution >= 0.6 is 34.7 Å². The van der Waals surface area contributed by atoms with Gasteiger partial charge in [0.25, 0.3) is 11.8 Å². The summed E-state index contributed by atoms with van der Waals surface area (Å²) in [5.74, 6) is -1.03. The monoisotopic (exact) mass is 637 g/mol. The molecule has 0 saturated heterocycles. The third-order valence-electron chi connectivity index (χ3n) is 6.53. The Morgan fingerprint density at radius 1 is 0.818 bits per heavy atom. The normalized spacial score (nSPS) is 11.8. The molecule has 5 rings (SSSR count). The summed E-state index contributed by atoms with van der Waals surface area (Å²) < 4.78 is 0. The first-order chi connectivity index (χ1) is 21.4. The van der Waals surface area contributed by atoms with Gasteiger partial charge in [0.05, 0.1) is 0 Å². The van der Waals surface area contributed by atoms with Crippen molar-refractivity contribution in [2.24, 2.45) is 0 Å². The van der Waals surface area contributed by atoms with E-state index in [1.54, 1.807) is 48.5 Å². The van der Waals surface area contributed by atoms with E-state index in [0.717, 1.165) is 21.6 Å². The fourth-order valence-corrected chi connectivity index (χ4v) is 6.02. The lowest BCUT2D eigenvalue weighted by atomic mass is 10.1. The number of nitrogens with one attached hydrogen (secondary N) is 3. The van der Waals surface area contributed by atoms with Crippen molar-refractivity contribution in [3.63, 3.8) is 0 Å². The quantitative estimate of drug-likeness (QED) is 0.106. The van der Waals surface area contributed by atoms with Crippen molar-refractivity contribution >= 4 is 69.9 Å². The van der Waals surface area contributed by atoms with E-state index in [2.05, 4.69) is 16.0 Å². The van der Waals surface area contributed by atoms with Crippen LogP contribution in [0.25, 0.3) is 6.08 Å². The van der Waals surface area contributed by atoms with E-state index in [-0.39, 0.29) is 17.5 Å². The largest absolute Gasteiger partial charge is 0.325 e. The summed E-state index contributed by atoms with van der Waals surface area (Å²) in [7, 11) is 0. The van der Waals surface area contributed by atoms with E-state index in [9.17, 15) is 14.4 Å². The minimum Gasteiger partial charge on any atom is -0.325 e. The number of amides is 3. The van der Waals surface area contributed by atoms with Gasteiger partial charge in [0, 0.05) is 26.9 Å². The second-order valence-corrected chi connectivity index (χ2v) is 12.1. The molecule has 0 aliphatic carbocycles. The highest BCUT2D eigenvalue weighted by atomic mass is 35.5. The van der Waals surface area contributed by atoms with Crippen molar-refractivity contribution < 1.29 is 14.4 Å². The second kappa shape index (κ2) is 14.7. The fourth-order valence-electron chi connectivity index (χ4n) is 4.20. The maximum Gasteiger partial charge on any atom is 0.272 e. The van der Waals surface area contributed by atoms with Crippen molar-refractivity contribution in [3.8, 4) is 0 Å². The molecule has 1 unspecified atom stereocenters. The number of aryl methyl sites for hydroxylation is 1. The molecule has 0 aliphatic rings. The van der Waals surface area contributed by atoms with Crippen LogP contribution < -0.4 is 16.0 Å². The molecule has 44 heavy (non-hydrogen) atoms. The predicted molar refractivity (Wildman–Crippen MR) is 181 cm³/mol. The van der Waals surface area contributed by atoms with Gasteiger partial charge >= 0.3 is 0 Å². The molecule has 0 saturated carbocycles. The average molecular weight is 638 g/mol. The molecular formula is C35H28ClN3O3S2. The first-order valence-corrected chi connectivity index (χ1v) is 15.9. The standard InChI is InChI=1S/C35H28ClN3O3S2/c1-23-12-13-28(21-30(23)36)38-35(42)32(25-8-4-2-5-9-25)44-29-16-14-27(15-17-29)37-34(41)31(20-24-18-19-43-22-24)39-33(40)26-10-6-3-7-11-26/h2-22,32H,1H3,(H,37,41)(H,38,42)(H,39,40)/b31-20-. The van der Waals surface area contributed by atoms with Gasteiger partial charge in [0.1, 0.15) is 10.9 Å². The summed E-state index contributed by atoms with van der Waals surface area (Å²) in [6.07, 6.45) is 1.64. The molecule has 0 fully saturated rings. The highest BCUT2D eigenvalue weighted by molar-refractivity contribution is 8.00. The summed E-state index contributed by atoms with van der Waals surface area (Å²) in [6, 6.07) is 32.8. The van der Waals surface area contributed by atoms with Gasteiger partial charge in [-0.1, -0.05) is 66.2 Å². The number of rotatable bonds is 10. The zero-order chi connectivity index (χ0) is 30.9. The van der Waals surface area contributed by atoms with Gasteiger partial charge in [0.15, 0.2) is 0 Å². The number of thioether (sulfide) groups is 1. The van der Waals surface area contributed by atoms with Crippen LogP contribution in [0.5, 0.6) is 0 Å². The second-order valence-electron chi connectivity index (χ2n) is 9.78. The zero-order valence-electron chi connectivity index (χ0n) is 23.6. The lowest BCUT2D eigenvalue weighted by molar-refractivity contribution is -0.116.